The third kappa shape index (κ3) is 5.75. The number of halogens is 1. The molecular weight excluding hydrogens is 516 g/mol. The van der Waals surface area contributed by atoms with E-state index in [1.807, 2.05) is 20.0 Å². The van der Waals surface area contributed by atoms with Crippen LogP contribution in [-0.2, 0) is 14.1 Å². The summed E-state index contributed by atoms with van der Waals surface area (Å²) in [6.07, 6.45) is 12.6. The summed E-state index contributed by atoms with van der Waals surface area (Å²) in [7, 11) is 1.74. The van der Waals surface area contributed by atoms with E-state index in [4.69, 9.17) is 9.26 Å². The smallest absolute Gasteiger partial charge is 0.309 e. The van der Waals surface area contributed by atoms with Crippen molar-refractivity contribution in [2.75, 3.05) is 13.7 Å². The number of hydrogen-bond acceptors (Lipinski definition) is 5. The molecule has 1 aromatic heterocycles. The lowest BCUT2D eigenvalue weighted by Gasteiger charge is -2.44. The second-order valence-electron chi connectivity index (χ2n) is 7.69. The van der Waals surface area contributed by atoms with Crippen molar-refractivity contribution in [3.8, 4) is 0 Å². The Balaban J connectivity index is 0.00000117. The van der Waals surface area contributed by atoms with Crippen LogP contribution in [0.3, 0.4) is 0 Å². The van der Waals surface area contributed by atoms with Gasteiger partial charge in [-0.1, -0.05) is 50.6 Å². The van der Waals surface area contributed by atoms with Crippen LogP contribution in [0.2, 0.25) is 0 Å². The van der Waals surface area contributed by atoms with Crippen LogP contribution in [0.1, 0.15) is 51.6 Å². The van der Waals surface area contributed by atoms with Gasteiger partial charge in [0.15, 0.2) is 4.99 Å². The van der Waals surface area contributed by atoms with Gasteiger partial charge in [-0.15, -0.1) is 0 Å². The van der Waals surface area contributed by atoms with Gasteiger partial charge in [0.05, 0.1) is 18.2 Å². The molecule has 2 aliphatic carbocycles. The predicted octanol–water partition coefficient (Wildman–Crippen LogP) is 7.14. The lowest BCUT2D eigenvalue weighted by Crippen LogP contribution is -2.41. The van der Waals surface area contributed by atoms with Crippen LogP contribution in [0.4, 0.5) is 0 Å². The number of pyridine rings is 1. The monoisotopic (exact) mass is 547 g/mol. The highest BCUT2D eigenvalue weighted by molar-refractivity contribution is 14.2. The standard InChI is InChI=1S/C20H25INO3PS.C2H6/c1-24-26(21)27-15-8-6-14(22-11-15)7-9-17-16-5-3-2-4-13(16)10-18-19(17)12-25-20(18)23;1-2/h6-9,11,13,16-19H,2-5,10,12H2,1H3;1-2H3/b9-7+;/t13?,16?,17?,18-,19+,26?;/m0./s1. The molecule has 0 spiro atoms. The number of hydrogen-bond donors (Lipinski definition) is 0. The van der Waals surface area contributed by atoms with E-state index >= 15 is 0 Å². The van der Waals surface area contributed by atoms with Crippen LogP contribution < -0.4 is 0 Å². The average Bonchev–Trinajstić information content (AvgIpc) is 3.14. The fourth-order valence-electron chi connectivity index (χ4n) is 5.07. The van der Waals surface area contributed by atoms with E-state index in [1.165, 1.54) is 25.7 Å². The minimum absolute atomic E-state index is 0.0374. The van der Waals surface area contributed by atoms with Crippen LogP contribution in [0.25, 0.3) is 6.08 Å². The number of fused-ring (bicyclic) bond motifs is 2. The third-order valence-corrected chi connectivity index (χ3v) is 11.7. The molecule has 0 radical (unpaired) electrons. The summed E-state index contributed by atoms with van der Waals surface area (Å²) < 4.78 is 10.8. The lowest BCUT2D eigenvalue weighted by molar-refractivity contribution is -0.142. The van der Waals surface area contributed by atoms with Crippen molar-refractivity contribution < 1.29 is 14.1 Å². The molecule has 2 heterocycles. The number of esters is 1. The topological polar surface area (TPSA) is 48.4 Å². The van der Waals surface area contributed by atoms with Gasteiger partial charge in [0.25, 0.3) is 0 Å². The molecule has 1 aliphatic heterocycles. The molecule has 4 unspecified atom stereocenters. The van der Waals surface area contributed by atoms with E-state index in [9.17, 15) is 4.79 Å². The first-order valence-corrected chi connectivity index (χ1v) is 16.1. The van der Waals surface area contributed by atoms with Gasteiger partial charge in [0.2, 0.25) is 0 Å². The molecule has 2 saturated carbocycles. The molecule has 1 saturated heterocycles. The normalized spacial score (nSPS) is 32.0. The van der Waals surface area contributed by atoms with E-state index in [0.29, 0.717) is 30.3 Å². The zero-order valence-electron chi connectivity index (χ0n) is 17.4. The molecule has 160 valence electrons. The SMILES string of the molecule is CC.COP(I)Sc1ccc(/C=C/C2C3CCCCC3C[C@@H]3C(=O)OC[C@H]23)nc1. The molecule has 6 atom stereocenters. The van der Waals surface area contributed by atoms with Gasteiger partial charge in [0, 0.05) is 24.1 Å². The lowest BCUT2D eigenvalue weighted by atomic mass is 9.58. The first-order valence-electron chi connectivity index (χ1n) is 10.6. The molecule has 4 nitrogen and oxygen atoms in total. The maximum absolute atomic E-state index is 12.2. The molecular formula is C22H31INO3PS. The number of aromatic nitrogens is 1. The Labute approximate surface area is 193 Å². The van der Waals surface area contributed by atoms with Gasteiger partial charge in [-0.05, 0) is 70.8 Å². The minimum atomic E-state index is -0.519. The van der Waals surface area contributed by atoms with E-state index in [0.717, 1.165) is 17.0 Å². The zero-order chi connectivity index (χ0) is 20.8. The Kier molecular flexibility index (Phi) is 9.27. The van der Waals surface area contributed by atoms with Crippen molar-refractivity contribution >= 4 is 50.5 Å². The van der Waals surface area contributed by atoms with Gasteiger partial charge in [-0.25, -0.2) is 0 Å². The van der Waals surface area contributed by atoms with Crippen LogP contribution in [0.5, 0.6) is 0 Å². The highest BCUT2D eigenvalue weighted by atomic mass is 127. The van der Waals surface area contributed by atoms with Crippen molar-refractivity contribution in [2.45, 2.75) is 50.8 Å². The fourth-order valence-corrected chi connectivity index (χ4v) is 8.63. The van der Waals surface area contributed by atoms with Crippen LogP contribution >= 0.6 is 38.4 Å². The molecule has 4 rings (SSSR count). The van der Waals surface area contributed by atoms with Crippen LogP contribution in [-0.4, -0.2) is 24.7 Å². The number of cyclic esters (lactones) is 1. The molecule has 1 aromatic rings. The quantitative estimate of drug-likeness (QED) is 0.223. The molecule has 7 heteroatoms. The molecule has 0 bridgehead atoms. The average molecular weight is 547 g/mol. The summed E-state index contributed by atoms with van der Waals surface area (Å²) in [6, 6.07) is 4.18. The summed E-state index contributed by atoms with van der Waals surface area (Å²) in [6.45, 7) is 4.60. The van der Waals surface area contributed by atoms with Crippen molar-refractivity contribution in [3.05, 3.63) is 30.1 Å². The number of nitrogens with zero attached hydrogens (tertiary/aromatic N) is 1. The molecule has 0 aromatic carbocycles. The van der Waals surface area contributed by atoms with Crippen LogP contribution in [0.15, 0.2) is 29.3 Å². The first-order chi connectivity index (χ1) is 14.2. The summed E-state index contributed by atoms with van der Waals surface area (Å²) in [5.41, 5.74) is 0.981. The molecule has 29 heavy (non-hydrogen) atoms. The van der Waals surface area contributed by atoms with Gasteiger partial charge < -0.3 is 9.26 Å². The summed E-state index contributed by atoms with van der Waals surface area (Å²) in [5.74, 6) is 2.33. The predicted molar refractivity (Wildman–Crippen MR) is 130 cm³/mol. The second kappa shape index (κ2) is 11.4. The van der Waals surface area contributed by atoms with Gasteiger partial charge in [-0.3, -0.25) is 9.78 Å². The second-order valence-corrected chi connectivity index (χ2v) is 15.3. The largest absolute Gasteiger partial charge is 0.465 e. The molecule has 3 aliphatic rings. The maximum atomic E-state index is 12.2. The highest BCUT2D eigenvalue weighted by Crippen LogP contribution is 2.60. The van der Waals surface area contributed by atoms with Crippen molar-refractivity contribution in [2.24, 2.45) is 29.6 Å². The third-order valence-electron chi connectivity index (χ3n) is 6.32. The van der Waals surface area contributed by atoms with E-state index < -0.39 is 4.99 Å². The van der Waals surface area contributed by atoms with Gasteiger partial charge in [-0.2, -0.15) is 0 Å². The van der Waals surface area contributed by atoms with Gasteiger partial charge >= 0.3 is 5.97 Å². The molecule has 0 amide bonds. The molecule has 0 N–H and O–H groups in total. The van der Waals surface area contributed by atoms with E-state index in [2.05, 4.69) is 51.3 Å². The summed E-state index contributed by atoms with van der Waals surface area (Å²) >= 11 is 4.04. The number of carbonyl (C=O) groups excluding carboxylic acids is 1. The summed E-state index contributed by atoms with van der Waals surface area (Å²) in [5, 5.41) is 0. The van der Waals surface area contributed by atoms with Crippen molar-refractivity contribution in [1.82, 2.24) is 4.98 Å². The zero-order valence-corrected chi connectivity index (χ0v) is 21.3. The van der Waals surface area contributed by atoms with Crippen molar-refractivity contribution in [3.63, 3.8) is 0 Å². The Morgan fingerprint density at radius 2 is 2.07 bits per heavy atom. The highest BCUT2D eigenvalue weighted by Gasteiger charge is 2.50. The number of ether oxygens (including phenoxy) is 1. The molecule has 3 fully saturated rings. The van der Waals surface area contributed by atoms with Crippen LogP contribution in [0, 0.1) is 29.6 Å². The maximum Gasteiger partial charge on any atom is 0.309 e. The van der Waals surface area contributed by atoms with Crippen molar-refractivity contribution in [1.29, 1.82) is 0 Å². The Bertz CT molecular complexity index is 702. The first kappa shape index (κ1) is 23.5. The fraction of sp³-hybridized carbons (Fsp3) is 0.636. The number of rotatable bonds is 5. The van der Waals surface area contributed by atoms with E-state index in [-0.39, 0.29) is 11.9 Å². The van der Waals surface area contributed by atoms with Gasteiger partial charge in [0.1, 0.15) is 0 Å². The Morgan fingerprint density at radius 1 is 1.28 bits per heavy atom. The Hall–Kier alpha value is -0.170. The number of allylic oxidation sites excluding steroid dienone is 1. The number of carbonyl (C=O) groups is 1. The van der Waals surface area contributed by atoms with E-state index in [1.54, 1.807) is 18.5 Å². The Morgan fingerprint density at radius 3 is 2.79 bits per heavy atom. The minimum Gasteiger partial charge on any atom is -0.465 e. The summed E-state index contributed by atoms with van der Waals surface area (Å²) in [4.78, 5) is 17.4.